The van der Waals surface area contributed by atoms with E-state index in [1.807, 2.05) is 7.05 Å². The highest BCUT2D eigenvalue weighted by atomic mass is 127. The van der Waals surface area contributed by atoms with Gasteiger partial charge in [0.2, 0.25) is 0 Å². The van der Waals surface area contributed by atoms with Crippen LogP contribution >= 0.6 is 24.0 Å². The molecule has 6 heteroatoms. The molecule has 2 aromatic rings. The first-order chi connectivity index (χ1) is 13.3. The summed E-state index contributed by atoms with van der Waals surface area (Å²) >= 11 is 0. The zero-order valence-corrected chi connectivity index (χ0v) is 18.8. The predicted molar refractivity (Wildman–Crippen MR) is 123 cm³/mol. The van der Waals surface area contributed by atoms with E-state index in [0.717, 1.165) is 24.8 Å². The van der Waals surface area contributed by atoms with Crippen molar-refractivity contribution in [3.8, 4) is 5.75 Å². The van der Waals surface area contributed by atoms with E-state index in [4.69, 9.17) is 9.47 Å². The molecule has 3 saturated heterocycles. The Hall–Kier alpha value is -1.54. The maximum Gasteiger partial charge on any atom is 0.193 e. The van der Waals surface area contributed by atoms with Gasteiger partial charge in [0, 0.05) is 44.1 Å². The maximum atomic E-state index is 6.11. The van der Waals surface area contributed by atoms with Gasteiger partial charge in [-0.25, -0.2) is 0 Å². The first kappa shape index (κ1) is 19.8. The van der Waals surface area contributed by atoms with E-state index in [0.29, 0.717) is 30.6 Å². The molecule has 150 valence electrons. The lowest BCUT2D eigenvalue weighted by molar-refractivity contribution is 0.0767. The van der Waals surface area contributed by atoms with E-state index in [-0.39, 0.29) is 24.0 Å². The Bertz CT molecular complexity index is 869. The minimum absolute atomic E-state index is 0. The van der Waals surface area contributed by atoms with Crippen molar-refractivity contribution < 1.29 is 9.47 Å². The summed E-state index contributed by atoms with van der Waals surface area (Å²) in [4.78, 5) is 6.99. The summed E-state index contributed by atoms with van der Waals surface area (Å²) in [6.07, 6.45) is 3.42. The summed E-state index contributed by atoms with van der Waals surface area (Å²) in [6, 6.07) is 12.6. The first-order valence-electron chi connectivity index (χ1n) is 9.94. The molecule has 2 bridgehead atoms. The quantitative estimate of drug-likeness (QED) is 0.403. The Kier molecular flexibility index (Phi) is 5.69. The second-order valence-corrected chi connectivity index (χ2v) is 7.89. The highest BCUT2D eigenvalue weighted by Gasteiger charge is 2.53. The van der Waals surface area contributed by atoms with Gasteiger partial charge in [0.15, 0.2) is 5.96 Å². The van der Waals surface area contributed by atoms with Crippen LogP contribution in [0.1, 0.15) is 18.4 Å². The Labute approximate surface area is 183 Å². The summed E-state index contributed by atoms with van der Waals surface area (Å²) in [5, 5.41) is 6.05. The van der Waals surface area contributed by atoms with Crippen molar-refractivity contribution in [3.63, 3.8) is 0 Å². The van der Waals surface area contributed by atoms with Gasteiger partial charge in [-0.15, -0.1) is 24.0 Å². The molecule has 0 spiro atoms. The monoisotopic (exact) mass is 493 g/mol. The fourth-order valence-electron chi connectivity index (χ4n) is 5.32. The highest BCUT2D eigenvalue weighted by Crippen LogP contribution is 2.47. The molecule has 3 heterocycles. The molecule has 28 heavy (non-hydrogen) atoms. The number of likely N-dealkylation sites (tertiary alicyclic amines) is 1. The van der Waals surface area contributed by atoms with Crippen molar-refractivity contribution in [2.75, 3.05) is 27.2 Å². The van der Waals surface area contributed by atoms with E-state index in [2.05, 4.69) is 51.6 Å². The molecular weight excluding hydrogens is 465 g/mol. The summed E-state index contributed by atoms with van der Waals surface area (Å²) in [5.41, 5.74) is 1.18. The number of halogens is 1. The van der Waals surface area contributed by atoms with Crippen molar-refractivity contribution in [2.24, 2.45) is 16.8 Å². The molecule has 3 aliphatic rings. The molecule has 0 amide bonds. The second kappa shape index (κ2) is 8.06. The van der Waals surface area contributed by atoms with Crippen LogP contribution in [-0.4, -0.2) is 50.3 Å². The third-order valence-corrected chi connectivity index (χ3v) is 6.60. The largest absolute Gasteiger partial charge is 0.496 e. The lowest BCUT2D eigenvalue weighted by Crippen LogP contribution is -2.41. The molecule has 2 aromatic carbocycles. The molecule has 0 saturated carbocycles. The topological polar surface area (TPSA) is 46.1 Å². The van der Waals surface area contributed by atoms with Crippen LogP contribution < -0.4 is 10.1 Å². The average molecular weight is 493 g/mol. The molecule has 0 aromatic heterocycles. The molecule has 1 N–H and O–H groups in total. The van der Waals surface area contributed by atoms with Gasteiger partial charge in [0.1, 0.15) is 5.75 Å². The Morgan fingerprint density at radius 3 is 2.54 bits per heavy atom. The molecule has 3 aliphatic heterocycles. The van der Waals surface area contributed by atoms with Crippen LogP contribution in [0.15, 0.2) is 41.4 Å². The molecule has 0 radical (unpaired) electrons. The lowest BCUT2D eigenvalue weighted by Gasteiger charge is -2.24. The van der Waals surface area contributed by atoms with E-state index >= 15 is 0 Å². The number of nitrogens with zero attached hydrogens (tertiary/aromatic N) is 2. The lowest BCUT2D eigenvalue weighted by atomic mass is 9.82. The zero-order valence-electron chi connectivity index (χ0n) is 16.4. The summed E-state index contributed by atoms with van der Waals surface area (Å²) < 4.78 is 11.7. The third kappa shape index (κ3) is 3.24. The minimum Gasteiger partial charge on any atom is -0.496 e. The second-order valence-electron chi connectivity index (χ2n) is 7.89. The normalized spacial score (nSPS) is 28.4. The van der Waals surface area contributed by atoms with Crippen LogP contribution in [0, 0.1) is 11.8 Å². The van der Waals surface area contributed by atoms with Gasteiger partial charge in [-0.3, -0.25) is 4.99 Å². The molecule has 3 fully saturated rings. The van der Waals surface area contributed by atoms with E-state index in [9.17, 15) is 0 Å². The molecule has 4 unspecified atom stereocenters. The molecule has 0 aliphatic carbocycles. The minimum atomic E-state index is 0. The average Bonchev–Trinajstić information content (AvgIpc) is 3.42. The number of hydrogen-bond acceptors (Lipinski definition) is 3. The number of guanidine groups is 1. The molecular formula is C22H28IN3O2. The summed E-state index contributed by atoms with van der Waals surface area (Å²) in [6.45, 7) is 2.81. The smallest absolute Gasteiger partial charge is 0.193 e. The molecule has 5 rings (SSSR count). The van der Waals surface area contributed by atoms with Crippen LogP contribution in [0.2, 0.25) is 0 Å². The van der Waals surface area contributed by atoms with E-state index in [1.165, 1.54) is 29.2 Å². The number of methoxy groups -OCH3 is 1. The van der Waals surface area contributed by atoms with Gasteiger partial charge >= 0.3 is 0 Å². The van der Waals surface area contributed by atoms with Crippen molar-refractivity contribution in [1.29, 1.82) is 0 Å². The van der Waals surface area contributed by atoms with Crippen LogP contribution in [-0.2, 0) is 11.3 Å². The Balaban J connectivity index is 0.00000192. The fourth-order valence-corrected chi connectivity index (χ4v) is 5.32. The first-order valence-corrected chi connectivity index (χ1v) is 9.94. The zero-order chi connectivity index (χ0) is 18.4. The van der Waals surface area contributed by atoms with Gasteiger partial charge < -0.3 is 19.7 Å². The summed E-state index contributed by atoms with van der Waals surface area (Å²) in [7, 11) is 3.61. The predicted octanol–water partition coefficient (Wildman–Crippen LogP) is 3.65. The van der Waals surface area contributed by atoms with E-state index in [1.54, 1.807) is 7.11 Å². The number of benzene rings is 2. The number of rotatable bonds is 3. The number of hydrogen-bond donors (Lipinski definition) is 1. The maximum absolute atomic E-state index is 6.11. The Morgan fingerprint density at radius 1 is 1.14 bits per heavy atom. The van der Waals surface area contributed by atoms with Crippen LogP contribution in [0.25, 0.3) is 10.8 Å². The summed E-state index contributed by atoms with van der Waals surface area (Å²) in [5.74, 6) is 3.25. The van der Waals surface area contributed by atoms with Gasteiger partial charge in [-0.1, -0.05) is 30.3 Å². The SMILES string of the molecule is CN=C(NCc1c(OC)ccc2ccccc12)N1CC2C3CCC(O3)C2C1.I. The fraction of sp³-hybridized carbons (Fsp3) is 0.500. The number of ether oxygens (including phenoxy) is 2. The van der Waals surface area contributed by atoms with Crippen LogP contribution in [0.3, 0.4) is 0 Å². The van der Waals surface area contributed by atoms with Crippen molar-refractivity contribution in [2.45, 2.75) is 31.6 Å². The highest BCUT2D eigenvalue weighted by molar-refractivity contribution is 14.0. The van der Waals surface area contributed by atoms with Crippen molar-refractivity contribution >= 4 is 40.7 Å². The van der Waals surface area contributed by atoms with Crippen LogP contribution in [0.5, 0.6) is 5.75 Å². The number of nitrogens with one attached hydrogen (secondary N) is 1. The molecule has 4 atom stereocenters. The van der Waals surface area contributed by atoms with Gasteiger partial charge in [-0.05, 0) is 29.7 Å². The van der Waals surface area contributed by atoms with Gasteiger partial charge in [0.25, 0.3) is 0 Å². The molecule has 5 nitrogen and oxygen atoms in total. The number of aliphatic imine (C=N–C) groups is 1. The van der Waals surface area contributed by atoms with E-state index < -0.39 is 0 Å². The third-order valence-electron chi connectivity index (χ3n) is 6.60. The van der Waals surface area contributed by atoms with Crippen molar-refractivity contribution in [3.05, 3.63) is 42.0 Å². The van der Waals surface area contributed by atoms with Gasteiger partial charge in [-0.2, -0.15) is 0 Å². The van der Waals surface area contributed by atoms with Crippen molar-refractivity contribution in [1.82, 2.24) is 10.2 Å². The van der Waals surface area contributed by atoms with Gasteiger partial charge in [0.05, 0.1) is 19.3 Å². The number of fused-ring (bicyclic) bond motifs is 6. The Morgan fingerprint density at radius 2 is 1.86 bits per heavy atom. The van der Waals surface area contributed by atoms with Crippen LogP contribution in [0.4, 0.5) is 0 Å². The standard InChI is InChI=1S/C22H27N3O2.HI/c1-23-22(25-12-17-18(13-25)21-10-9-20(17)27-21)24-11-16-15-6-4-3-5-14(15)7-8-19(16)26-2;/h3-8,17-18,20-21H,9-13H2,1-2H3,(H,23,24);1H.